The van der Waals surface area contributed by atoms with Gasteiger partial charge in [-0.3, -0.25) is 0 Å². The van der Waals surface area contributed by atoms with Crippen molar-refractivity contribution in [3.05, 3.63) is 77.0 Å². The van der Waals surface area contributed by atoms with E-state index in [9.17, 15) is 0 Å². The summed E-state index contributed by atoms with van der Waals surface area (Å²) in [5.41, 5.74) is 9.20. The Morgan fingerprint density at radius 3 is 1.95 bits per heavy atom. The summed E-state index contributed by atoms with van der Waals surface area (Å²) in [7, 11) is 2.02. The molecule has 0 aliphatic heterocycles. The Balaban J connectivity index is -0.000000774. The highest BCUT2D eigenvalue weighted by Crippen LogP contribution is 2.24. The van der Waals surface area contributed by atoms with E-state index in [4.69, 9.17) is 0 Å². The zero-order valence-corrected chi connectivity index (χ0v) is 28.5. The Morgan fingerprint density at radius 1 is 0.846 bits per heavy atom. The van der Waals surface area contributed by atoms with Crippen molar-refractivity contribution in [1.82, 2.24) is 10.6 Å². The number of benzene rings is 1. The molecule has 0 amide bonds. The smallest absolute Gasteiger partial charge is 0.0387 e. The first-order valence-electron chi connectivity index (χ1n) is 15.9. The molecule has 2 N–H and O–H groups in total. The molecule has 1 atom stereocenters. The summed E-state index contributed by atoms with van der Waals surface area (Å²) in [6.07, 6.45) is 11.1. The molecule has 226 valence electrons. The van der Waals surface area contributed by atoms with Gasteiger partial charge in [-0.15, -0.1) is 0 Å². The fourth-order valence-corrected chi connectivity index (χ4v) is 3.97. The van der Waals surface area contributed by atoms with E-state index in [-0.39, 0.29) is 0 Å². The van der Waals surface area contributed by atoms with E-state index in [1.165, 1.54) is 72.9 Å². The molecule has 2 heteroatoms. The topological polar surface area (TPSA) is 24.1 Å². The van der Waals surface area contributed by atoms with Gasteiger partial charge in [0.2, 0.25) is 0 Å². The average molecular weight is 541 g/mol. The maximum absolute atomic E-state index is 4.28. The number of hydrogen-bond donors (Lipinski definition) is 2. The number of aryl methyl sites for hydroxylation is 2. The highest BCUT2D eigenvalue weighted by Gasteiger charge is 2.10. The maximum atomic E-state index is 4.28. The van der Waals surface area contributed by atoms with Gasteiger partial charge in [0.1, 0.15) is 0 Å². The van der Waals surface area contributed by atoms with Gasteiger partial charge in [0.05, 0.1) is 0 Å². The van der Waals surface area contributed by atoms with Gasteiger partial charge < -0.3 is 10.6 Å². The van der Waals surface area contributed by atoms with Crippen LogP contribution in [0.25, 0.3) is 5.70 Å². The second kappa shape index (κ2) is 27.5. The van der Waals surface area contributed by atoms with Gasteiger partial charge >= 0.3 is 0 Å². The Hall–Kier alpha value is -2.06. The first kappa shape index (κ1) is 41.4. The van der Waals surface area contributed by atoms with E-state index < -0.39 is 0 Å². The molecule has 0 saturated carbocycles. The molecule has 1 aromatic carbocycles. The summed E-state index contributed by atoms with van der Waals surface area (Å²) in [4.78, 5) is 0. The summed E-state index contributed by atoms with van der Waals surface area (Å²) in [6.45, 7) is 37.2. The van der Waals surface area contributed by atoms with Gasteiger partial charge in [0.25, 0.3) is 0 Å². The lowest BCUT2D eigenvalue weighted by Crippen LogP contribution is -2.13. The monoisotopic (exact) mass is 541 g/mol. The fourth-order valence-electron chi connectivity index (χ4n) is 3.97. The van der Waals surface area contributed by atoms with E-state index in [1.807, 2.05) is 34.7 Å². The van der Waals surface area contributed by atoms with Crippen LogP contribution >= 0.6 is 0 Å². The van der Waals surface area contributed by atoms with Crippen LogP contribution in [0.1, 0.15) is 137 Å². The first-order valence-corrected chi connectivity index (χ1v) is 15.9. The molecule has 1 unspecified atom stereocenters. The third-order valence-electron chi connectivity index (χ3n) is 6.73. The molecule has 1 rings (SSSR count). The number of allylic oxidation sites excluding steroid dienone is 3. The minimum atomic E-state index is 0.905. The van der Waals surface area contributed by atoms with Crippen LogP contribution in [0.3, 0.4) is 0 Å². The molecular weight excluding hydrogens is 472 g/mol. The van der Waals surface area contributed by atoms with Gasteiger partial charge in [-0.05, 0) is 88.7 Å². The van der Waals surface area contributed by atoms with Crippen molar-refractivity contribution in [3.63, 3.8) is 0 Å². The number of unbranched alkanes of at least 4 members (excludes halogenated alkanes) is 2. The van der Waals surface area contributed by atoms with Gasteiger partial charge in [-0.1, -0.05) is 131 Å². The molecule has 0 bridgehead atoms. The Morgan fingerprint density at radius 2 is 1.44 bits per heavy atom. The number of nitrogens with one attached hydrogen (secondary N) is 2. The van der Waals surface area contributed by atoms with E-state index in [1.54, 1.807) is 0 Å². The lowest BCUT2D eigenvalue weighted by atomic mass is 9.96. The molecule has 0 radical (unpaired) electrons. The molecule has 0 heterocycles. The van der Waals surface area contributed by atoms with Gasteiger partial charge in [0, 0.05) is 17.0 Å². The van der Waals surface area contributed by atoms with Crippen LogP contribution in [0, 0.1) is 12.8 Å². The van der Waals surface area contributed by atoms with Crippen molar-refractivity contribution in [2.24, 2.45) is 5.92 Å². The lowest BCUT2D eigenvalue weighted by Gasteiger charge is -2.19. The first-order chi connectivity index (χ1) is 18.6. The summed E-state index contributed by atoms with van der Waals surface area (Å²) in [5.74, 6) is 0.910. The average Bonchev–Trinajstić information content (AvgIpc) is 2.95. The van der Waals surface area contributed by atoms with Crippen LogP contribution in [0.4, 0.5) is 0 Å². The third kappa shape index (κ3) is 19.6. The molecule has 0 saturated heterocycles. The molecule has 0 fully saturated rings. The van der Waals surface area contributed by atoms with Crippen LogP contribution < -0.4 is 10.6 Å². The summed E-state index contributed by atoms with van der Waals surface area (Å²) in [6, 6.07) is 6.63. The lowest BCUT2D eigenvalue weighted by molar-refractivity contribution is 0.463. The van der Waals surface area contributed by atoms with Gasteiger partial charge in [0.15, 0.2) is 0 Å². The van der Waals surface area contributed by atoms with Crippen molar-refractivity contribution in [2.75, 3.05) is 13.6 Å². The van der Waals surface area contributed by atoms with Crippen molar-refractivity contribution < 1.29 is 0 Å². The molecule has 39 heavy (non-hydrogen) atoms. The largest absolute Gasteiger partial charge is 0.356 e. The molecule has 0 aromatic heterocycles. The van der Waals surface area contributed by atoms with Crippen molar-refractivity contribution >= 4 is 5.70 Å². The predicted octanol–water partition coefficient (Wildman–Crippen LogP) is 11.6. The van der Waals surface area contributed by atoms with Gasteiger partial charge in [-0.2, -0.15) is 0 Å². The molecule has 2 nitrogen and oxygen atoms in total. The highest BCUT2D eigenvalue weighted by molar-refractivity contribution is 5.68. The fraction of sp³-hybridized carbons (Fsp3) is 0.622. The number of hydrogen-bond acceptors (Lipinski definition) is 2. The zero-order valence-electron chi connectivity index (χ0n) is 28.5. The minimum Gasteiger partial charge on any atom is -0.356 e. The van der Waals surface area contributed by atoms with Gasteiger partial charge in [-0.25, -0.2) is 0 Å². The summed E-state index contributed by atoms with van der Waals surface area (Å²) < 4.78 is 0. The van der Waals surface area contributed by atoms with Crippen molar-refractivity contribution in [3.8, 4) is 0 Å². The Kier molecular flexibility index (Phi) is 29.2. The van der Waals surface area contributed by atoms with E-state index in [0.717, 1.165) is 42.1 Å². The molecule has 1 aromatic rings. The normalized spacial score (nSPS) is 11.3. The molecule has 0 spiro atoms. The molecule has 0 aliphatic rings. The predicted molar refractivity (Wildman–Crippen MR) is 183 cm³/mol. The van der Waals surface area contributed by atoms with Crippen LogP contribution in [0.15, 0.2) is 60.4 Å². The summed E-state index contributed by atoms with van der Waals surface area (Å²) in [5, 5.41) is 6.60. The second-order valence-electron chi connectivity index (χ2n) is 10.1. The van der Waals surface area contributed by atoms with E-state index in [2.05, 4.69) is 97.0 Å². The Labute approximate surface area is 246 Å². The molecular formula is C37H68N2. The van der Waals surface area contributed by atoms with Crippen molar-refractivity contribution in [2.45, 2.75) is 134 Å². The van der Waals surface area contributed by atoms with Crippen LogP contribution in [0.2, 0.25) is 0 Å². The standard InChI is InChI=1S/C24H35N.C9H21N.2C2H6/c1-9-11-13-23-15-14-17(3)16-24(23)22(8)25-21(7)20(6)19(5)18(4)12-10-2;1-4-5-6-9(2)7-8-10-3;2*1-2/h14-16,25H,4,7-13H2,1-3,5-6H3;9-10H,4-8H2,1-3H3;2*1-2H3/b20-19+;;;. The molecule has 0 aliphatic carbocycles. The van der Waals surface area contributed by atoms with Crippen LogP contribution in [-0.2, 0) is 6.42 Å². The Bertz CT molecular complexity index is 805. The summed E-state index contributed by atoms with van der Waals surface area (Å²) >= 11 is 0. The minimum absolute atomic E-state index is 0.905. The SMILES string of the molecule is C=C(CCC)/C(C)=C(\C)C(=C)NC(=C)c1cc(C)ccc1CCCC.CC.CC.CCCCC(C)CCNC. The maximum Gasteiger partial charge on any atom is 0.0387 e. The third-order valence-corrected chi connectivity index (χ3v) is 6.73. The quantitative estimate of drug-likeness (QED) is 0.204. The second-order valence-corrected chi connectivity index (χ2v) is 10.1. The number of rotatable bonds is 16. The van der Waals surface area contributed by atoms with Crippen LogP contribution in [0.5, 0.6) is 0 Å². The van der Waals surface area contributed by atoms with E-state index in [0.29, 0.717) is 0 Å². The highest BCUT2D eigenvalue weighted by atomic mass is 14.9. The van der Waals surface area contributed by atoms with Crippen molar-refractivity contribution in [1.29, 1.82) is 0 Å². The van der Waals surface area contributed by atoms with E-state index >= 15 is 0 Å². The van der Waals surface area contributed by atoms with Crippen LogP contribution in [-0.4, -0.2) is 13.6 Å². The zero-order chi connectivity index (χ0) is 30.8.